The van der Waals surface area contributed by atoms with E-state index in [2.05, 4.69) is 14.7 Å². The van der Waals surface area contributed by atoms with Crippen LogP contribution < -0.4 is 5.73 Å². The number of esters is 1. The molecule has 0 aliphatic heterocycles. The molecule has 96 valence electrons. The Morgan fingerprint density at radius 1 is 1.56 bits per heavy atom. The average molecular weight is 283 g/mol. The second-order valence-electron chi connectivity index (χ2n) is 3.56. The van der Waals surface area contributed by atoms with Crippen molar-refractivity contribution in [2.24, 2.45) is 0 Å². The van der Waals surface area contributed by atoms with Gasteiger partial charge in [0.05, 0.1) is 12.5 Å². The van der Waals surface area contributed by atoms with Crippen molar-refractivity contribution in [3.63, 3.8) is 0 Å². The zero-order valence-corrected chi connectivity index (χ0v) is 11.5. The van der Waals surface area contributed by atoms with E-state index >= 15 is 0 Å². The molecule has 2 rings (SSSR count). The number of nitrogens with zero attached hydrogens (tertiary/aromatic N) is 2. The molecule has 0 fully saturated rings. The summed E-state index contributed by atoms with van der Waals surface area (Å²) < 4.78 is 4.57. The molecule has 2 aromatic rings. The fourth-order valence-corrected chi connectivity index (χ4v) is 3.02. The summed E-state index contributed by atoms with van der Waals surface area (Å²) in [5, 5.41) is 3.51. The molecule has 0 amide bonds. The van der Waals surface area contributed by atoms with Crippen LogP contribution in [0.5, 0.6) is 0 Å². The van der Waals surface area contributed by atoms with Gasteiger partial charge in [-0.15, -0.1) is 11.3 Å². The summed E-state index contributed by atoms with van der Waals surface area (Å²) in [6.07, 6.45) is 1.16. The van der Waals surface area contributed by atoms with Crippen molar-refractivity contribution in [1.82, 2.24) is 9.97 Å². The van der Waals surface area contributed by atoms with Crippen LogP contribution in [0.3, 0.4) is 0 Å². The Balaban J connectivity index is 1.93. The van der Waals surface area contributed by atoms with Gasteiger partial charge in [0, 0.05) is 12.2 Å². The smallest absolute Gasteiger partial charge is 0.305 e. The Labute approximate surface area is 113 Å². The first-order chi connectivity index (χ1) is 8.70. The van der Waals surface area contributed by atoms with Crippen molar-refractivity contribution in [3.8, 4) is 0 Å². The van der Waals surface area contributed by atoms with Crippen molar-refractivity contribution < 1.29 is 9.53 Å². The third kappa shape index (κ3) is 3.11. The van der Waals surface area contributed by atoms with Crippen molar-refractivity contribution in [2.75, 3.05) is 18.6 Å². The maximum absolute atomic E-state index is 10.9. The molecule has 18 heavy (non-hydrogen) atoms. The van der Waals surface area contributed by atoms with Gasteiger partial charge in [-0.25, -0.2) is 9.97 Å². The van der Waals surface area contributed by atoms with E-state index in [1.165, 1.54) is 18.9 Å². The Morgan fingerprint density at radius 3 is 3.17 bits per heavy atom. The zero-order chi connectivity index (χ0) is 13.0. The van der Waals surface area contributed by atoms with Gasteiger partial charge in [-0.05, 0) is 17.9 Å². The highest BCUT2D eigenvalue weighted by Crippen LogP contribution is 2.26. The molecule has 0 saturated heterocycles. The van der Waals surface area contributed by atoms with E-state index in [0.29, 0.717) is 17.4 Å². The average Bonchev–Trinajstić information content (AvgIpc) is 2.83. The molecular weight excluding hydrogens is 270 g/mol. The van der Waals surface area contributed by atoms with Crippen LogP contribution in [-0.2, 0) is 9.53 Å². The fraction of sp³-hybridized carbons (Fsp3) is 0.364. The highest BCUT2D eigenvalue weighted by Gasteiger charge is 2.07. The number of aromatic nitrogens is 2. The molecule has 2 heterocycles. The number of thioether (sulfide) groups is 1. The second-order valence-corrected chi connectivity index (χ2v) is 5.52. The minimum Gasteiger partial charge on any atom is -0.469 e. The van der Waals surface area contributed by atoms with Crippen LogP contribution in [0.4, 0.5) is 5.82 Å². The molecule has 0 unspecified atom stereocenters. The van der Waals surface area contributed by atoms with Crippen LogP contribution in [-0.4, -0.2) is 28.8 Å². The molecule has 2 aromatic heterocycles. The van der Waals surface area contributed by atoms with Gasteiger partial charge in [-0.1, -0.05) is 11.8 Å². The lowest BCUT2D eigenvalue weighted by Crippen LogP contribution is -2.00. The first kappa shape index (κ1) is 13.1. The number of hydrogen-bond donors (Lipinski definition) is 1. The van der Waals surface area contributed by atoms with E-state index in [9.17, 15) is 4.79 Å². The summed E-state index contributed by atoms with van der Waals surface area (Å²) in [7, 11) is 1.39. The summed E-state index contributed by atoms with van der Waals surface area (Å²) in [6, 6.07) is 1.92. The van der Waals surface area contributed by atoms with E-state index in [0.717, 1.165) is 22.4 Å². The normalized spacial score (nSPS) is 10.7. The summed E-state index contributed by atoms with van der Waals surface area (Å²) in [6.45, 7) is 0. The third-order valence-electron chi connectivity index (χ3n) is 2.32. The SMILES string of the molecule is COC(=O)CCCSc1nc(N)c2ccsc2n1. The molecule has 0 aromatic carbocycles. The predicted octanol–water partition coefficient (Wildman–Crippen LogP) is 2.32. The number of hydrogen-bond acceptors (Lipinski definition) is 7. The molecule has 0 aliphatic rings. The van der Waals surface area contributed by atoms with E-state index in [-0.39, 0.29) is 5.97 Å². The number of thiophene rings is 1. The maximum atomic E-state index is 10.9. The molecule has 5 nitrogen and oxygen atoms in total. The standard InChI is InChI=1S/C11H13N3O2S2/c1-16-8(15)3-2-5-18-11-13-9(12)7-4-6-17-10(7)14-11/h4,6H,2-3,5H2,1H3,(H2,12,13,14). The van der Waals surface area contributed by atoms with Gasteiger partial charge in [0.1, 0.15) is 10.6 Å². The largest absolute Gasteiger partial charge is 0.469 e. The van der Waals surface area contributed by atoms with Crippen molar-refractivity contribution in [2.45, 2.75) is 18.0 Å². The molecular formula is C11H13N3O2S2. The van der Waals surface area contributed by atoms with Gasteiger partial charge in [0.2, 0.25) is 0 Å². The summed E-state index contributed by atoms with van der Waals surface area (Å²) in [4.78, 5) is 20.5. The van der Waals surface area contributed by atoms with Gasteiger partial charge >= 0.3 is 5.97 Å². The topological polar surface area (TPSA) is 78.1 Å². The van der Waals surface area contributed by atoms with E-state index in [1.807, 2.05) is 11.4 Å². The van der Waals surface area contributed by atoms with Crippen molar-refractivity contribution >= 4 is 45.1 Å². The number of ether oxygens (including phenoxy) is 1. The first-order valence-electron chi connectivity index (χ1n) is 5.41. The second kappa shape index (κ2) is 6.01. The number of nitrogen functional groups attached to an aromatic ring is 1. The predicted molar refractivity (Wildman–Crippen MR) is 73.8 cm³/mol. The molecule has 7 heteroatoms. The lowest BCUT2D eigenvalue weighted by Gasteiger charge is -2.02. The van der Waals surface area contributed by atoms with E-state index in [1.54, 1.807) is 11.3 Å². The third-order valence-corrected chi connectivity index (χ3v) is 4.06. The lowest BCUT2D eigenvalue weighted by molar-refractivity contribution is -0.140. The zero-order valence-electron chi connectivity index (χ0n) is 9.88. The number of fused-ring (bicyclic) bond motifs is 1. The molecule has 2 N–H and O–H groups in total. The summed E-state index contributed by atoms with van der Waals surface area (Å²) >= 11 is 3.05. The van der Waals surface area contributed by atoms with Gasteiger partial charge in [0.15, 0.2) is 5.16 Å². The Morgan fingerprint density at radius 2 is 2.39 bits per heavy atom. The molecule has 0 atom stereocenters. The van der Waals surface area contributed by atoms with Crippen molar-refractivity contribution in [3.05, 3.63) is 11.4 Å². The lowest BCUT2D eigenvalue weighted by atomic mass is 10.3. The van der Waals surface area contributed by atoms with E-state index in [4.69, 9.17) is 5.73 Å². The van der Waals surface area contributed by atoms with Crippen LogP contribution in [0.25, 0.3) is 10.2 Å². The molecule has 0 aliphatic carbocycles. The summed E-state index contributed by atoms with van der Waals surface area (Å²) in [5.74, 6) is 1.09. The van der Waals surface area contributed by atoms with Gasteiger partial charge in [-0.3, -0.25) is 4.79 Å². The molecule has 0 spiro atoms. The quantitative estimate of drug-likeness (QED) is 0.393. The highest BCUT2D eigenvalue weighted by molar-refractivity contribution is 7.99. The minimum atomic E-state index is -0.190. The van der Waals surface area contributed by atoms with E-state index < -0.39 is 0 Å². The first-order valence-corrected chi connectivity index (χ1v) is 7.27. The molecule has 0 bridgehead atoms. The van der Waals surface area contributed by atoms with Gasteiger partial charge < -0.3 is 10.5 Å². The Hall–Kier alpha value is -1.34. The number of rotatable bonds is 5. The Kier molecular flexibility index (Phi) is 4.38. The Bertz CT molecular complexity index is 556. The number of anilines is 1. The van der Waals surface area contributed by atoms with Crippen LogP contribution in [0.1, 0.15) is 12.8 Å². The van der Waals surface area contributed by atoms with Crippen LogP contribution in [0.15, 0.2) is 16.6 Å². The molecule has 0 saturated carbocycles. The number of carbonyl (C=O) groups excluding carboxylic acids is 1. The van der Waals surface area contributed by atoms with Gasteiger partial charge in [-0.2, -0.15) is 0 Å². The monoisotopic (exact) mass is 283 g/mol. The maximum Gasteiger partial charge on any atom is 0.305 e. The minimum absolute atomic E-state index is 0.190. The van der Waals surface area contributed by atoms with Crippen LogP contribution in [0, 0.1) is 0 Å². The molecule has 0 radical (unpaired) electrons. The van der Waals surface area contributed by atoms with Crippen molar-refractivity contribution in [1.29, 1.82) is 0 Å². The van der Waals surface area contributed by atoms with Crippen LogP contribution >= 0.6 is 23.1 Å². The van der Waals surface area contributed by atoms with Crippen LogP contribution in [0.2, 0.25) is 0 Å². The van der Waals surface area contributed by atoms with Gasteiger partial charge in [0.25, 0.3) is 0 Å². The summed E-state index contributed by atoms with van der Waals surface area (Å²) in [5.41, 5.74) is 5.84. The number of methoxy groups -OCH3 is 1. The highest BCUT2D eigenvalue weighted by atomic mass is 32.2. The fourth-order valence-electron chi connectivity index (χ4n) is 1.40. The number of carbonyl (C=O) groups is 1. The number of nitrogens with two attached hydrogens (primary N) is 1.